The summed E-state index contributed by atoms with van der Waals surface area (Å²) >= 11 is 0. The molecular formula is C16H14FNO. The number of nitrogens with zero attached hydrogens (tertiary/aromatic N) is 1. The van der Waals surface area contributed by atoms with Crippen molar-refractivity contribution in [2.75, 3.05) is 0 Å². The first-order valence-corrected chi connectivity index (χ1v) is 5.98. The number of ether oxygens (including phenoxy) is 1. The number of hydrogen-bond donors (Lipinski definition) is 0. The maximum Gasteiger partial charge on any atom is 0.129 e. The van der Waals surface area contributed by atoms with Gasteiger partial charge in [-0.2, -0.15) is 5.26 Å². The van der Waals surface area contributed by atoms with E-state index < -0.39 is 0 Å². The Morgan fingerprint density at radius 3 is 2.42 bits per heavy atom. The Labute approximate surface area is 112 Å². The lowest BCUT2D eigenvalue weighted by Gasteiger charge is -2.09. The molecule has 0 saturated carbocycles. The van der Waals surface area contributed by atoms with Crippen molar-refractivity contribution in [1.29, 1.82) is 5.26 Å². The minimum absolute atomic E-state index is 0.115. The van der Waals surface area contributed by atoms with E-state index in [2.05, 4.69) is 0 Å². The highest BCUT2D eigenvalue weighted by atomic mass is 19.1. The largest absolute Gasteiger partial charge is 0.489 e. The standard InChI is InChI=1S/C16H14FNO/c1-11-5-12(2)7-15(6-11)19-10-14-8-13(9-18)3-4-16(14)17/h3-8H,10H2,1-2H3. The van der Waals surface area contributed by atoms with Crippen LogP contribution in [0.3, 0.4) is 0 Å². The van der Waals surface area contributed by atoms with E-state index in [0.717, 1.165) is 11.1 Å². The van der Waals surface area contributed by atoms with Gasteiger partial charge in [0.05, 0.1) is 11.6 Å². The summed E-state index contributed by atoms with van der Waals surface area (Å²) in [4.78, 5) is 0. The molecule has 19 heavy (non-hydrogen) atoms. The van der Waals surface area contributed by atoms with E-state index in [0.29, 0.717) is 16.9 Å². The lowest BCUT2D eigenvalue weighted by Crippen LogP contribution is -1.99. The van der Waals surface area contributed by atoms with Crippen molar-refractivity contribution in [3.8, 4) is 11.8 Å². The Morgan fingerprint density at radius 1 is 1.11 bits per heavy atom. The predicted octanol–water partition coefficient (Wildman–Crippen LogP) is 3.89. The number of hydrogen-bond acceptors (Lipinski definition) is 2. The highest BCUT2D eigenvalue weighted by Crippen LogP contribution is 2.19. The van der Waals surface area contributed by atoms with E-state index in [1.54, 1.807) is 0 Å². The average Bonchev–Trinajstić information content (AvgIpc) is 2.37. The lowest BCUT2D eigenvalue weighted by atomic mass is 10.1. The van der Waals surface area contributed by atoms with Gasteiger partial charge in [-0.15, -0.1) is 0 Å². The summed E-state index contributed by atoms with van der Waals surface area (Å²) < 4.78 is 19.2. The Bertz CT molecular complexity index is 623. The zero-order valence-electron chi connectivity index (χ0n) is 10.9. The van der Waals surface area contributed by atoms with Gasteiger partial charge in [0.25, 0.3) is 0 Å². The van der Waals surface area contributed by atoms with Crippen LogP contribution in [0, 0.1) is 31.0 Å². The number of nitriles is 1. The van der Waals surface area contributed by atoms with Crippen molar-refractivity contribution < 1.29 is 9.13 Å². The highest BCUT2D eigenvalue weighted by Gasteiger charge is 2.05. The molecule has 0 amide bonds. The van der Waals surface area contributed by atoms with Gasteiger partial charge in [-0.3, -0.25) is 0 Å². The van der Waals surface area contributed by atoms with Gasteiger partial charge in [0.2, 0.25) is 0 Å². The van der Waals surface area contributed by atoms with Crippen molar-refractivity contribution >= 4 is 0 Å². The van der Waals surface area contributed by atoms with Crippen molar-refractivity contribution in [3.05, 3.63) is 64.5 Å². The van der Waals surface area contributed by atoms with Crippen LogP contribution < -0.4 is 4.74 Å². The van der Waals surface area contributed by atoms with E-state index in [4.69, 9.17) is 10.00 Å². The average molecular weight is 255 g/mol. The fourth-order valence-electron chi connectivity index (χ4n) is 1.93. The molecule has 0 unspecified atom stereocenters. The second-order valence-corrected chi connectivity index (χ2v) is 4.53. The second kappa shape index (κ2) is 5.53. The van der Waals surface area contributed by atoms with E-state index in [1.807, 2.05) is 38.1 Å². The van der Waals surface area contributed by atoms with Crippen molar-refractivity contribution in [2.45, 2.75) is 20.5 Å². The fraction of sp³-hybridized carbons (Fsp3) is 0.188. The Kier molecular flexibility index (Phi) is 3.82. The van der Waals surface area contributed by atoms with Gasteiger partial charge in [0, 0.05) is 5.56 Å². The van der Waals surface area contributed by atoms with Gasteiger partial charge in [0.15, 0.2) is 0 Å². The molecule has 0 aromatic heterocycles. The van der Waals surface area contributed by atoms with Crippen LogP contribution in [0.5, 0.6) is 5.75 Å². The quantitative estimate of drug-likeness (QED) is 0.833. The number of halogens is 1. The summed E-state index contributed by atoms with van der Waals surface area (Å²) in [5, 5.41) is 8.80. The summed E-state index contributed by atoms with van der Waals surface area (Å²) in [5.41, 5.74) is 3.01. The van der Waals surface area contributed by atoms with Crippen LogP contribution in [0.1, 0.15) is 22.3 Å². The molecule has 2 aromatic carbocycles. The second-order valence-electron chi connectivity index (χ2n) is 4.53. The zero-order valence-corrected chi connectivity index (χ0v) is 10.9. The molecule has 0 spiro atoms. The maximum atomic E-state index is 13.6. The van der Waals surface area contributed by atoms with Crippen LogP contribution in [0.4, 0.5) is 4.39 Å². The first-order chi connectivity index (χ1) is 9.08. The molecular weight excluding hydrogens is 241 g/mol. The van der Waals surface area contributed by atoms with Gasteiger partial charge < -0.3 is 4.74 Å². The van der Waals surface area contributed by atoms with E-state index in [9.17, 15) is 4.39 Å². The van der Waals surface area contributed by atoms with E-state index >= 15 is 0 Å². The molecule has 3 heteroatoms. The number of benzene rings is 2. The molecule has 0 radical (unpaired) electrons. The normalized spacial score (nSPS) is 10.0. The summed E-state index contributed by atoms with van der Waals surface area (Å²) in [5.74, 6) is 0.350. The monoisotopic (exact) mass is 255 g/mol. The predicted molar refractivity (Wildman–Crippen MR) is 71.4 cm³/mol. The molecule has 0 bridgehead atoms. The molecule has 0 fully saturated rings. The van der Waals surface area contributed by atoms with Gasteiger partial charge in [-0.1, -0.05) is 6.07 Å². The molecule has 0 saturated heterocycles. The van der Waals surface area contributed by atoms with E-state index in [-0.39, 0.29) is 12.4 Å². The third-order valence-electron chi connectivity index (χ3n) is 2.76. The summed E-state index contributed by atoms with van der Waals surface area (Å²) in [6, 6.07) is 12.1. The van der Waals surface area contributed by atoms with E-state index in [1.165, 1.54) is 18.2 Å². The molecule has 2 nitrogen and oxygen atoms in total. The highest BCUT2D eigenvalue weighted by molar-refractivity contribution is 5.35. The van der Waals surface area contributed by atoms with Gasteiger partial charge >= 0.3 is 0 Å². The zero-order chi connectivity index (χ0) is 13.8. The Hall–Kier alpha value is -2.34. The van der Waals surface area contributed by atoms with Gasteiger partial charge in [-0.25, -0.2) is 4.39 Å². The molecule has 0 atom stereocenters. The van der Waals surface area contributed by atoms with Crippen molar-refractivity contribution in [1.82, 2.24) is 0 Å². The molecule has 0 heterocycles. The fourth-order valence-corrected chi connectivity index (χ4v) is 1.93. The number of aryl methyl sites for hydroxylation is 2. The van der Waals surface area contributed by atoms with Crippen LogP contribution in [0.2, 0.25) is 0 Å². The summed E-state index contributed by atoms with van der Waals surface area (Å²) in [6.07, 6.45) is 0. The molecule has 96 valence electrons. The third-order valence-corrected chi connectivity index (χ3v) is 2.76. The minimum atomic E-state index is -0.358. The number of rotatable bonds is 3. The summed E-state index contributed by atoms with van der Waals surface area (Å²) in [6.45, 7) is 4.08. The third kappa shape index (κ3) is 3.32. The Morgan fingerprint density at radius 2 is 1.79 bits per heavy atom. The van der Waals surface area contributed by atoms with Crippen LogP contribution in [0.15, 0.2) is 36.4 Å². The van der Waals surface area contributed by atoms with Crippen LogP contribution in [-0.2, 0) is 6.61 Å². The molecule has 0 aliphatic carbocycles. The first-order valence-electron chi connectivity index (χ1n) is 5.98. The smallest absolute Gasteiger partial charge is 0.129 e. The Balaban J connectivity index is 2.16. The van der Waals surface area contributed by atoms with Crippen LogP contribution in [-0.4, -0.2) is 0 Å². The van der Waals surface area contributed by atoms with Crippen molar-refractivity contribution in [3.63, 3.8) is 0 Å². The molecule has 2 rings (SSSR count). The van der Waals surface area contributed by atoms with Crippen LogP contribution >= 0.6 is 0 Å². The first kappa shape index (κ1) is 13.1. The molecule has 0 N–H and O–H groups in total. The van der Waals surface area contributed by atoms with Crippen molar-refractivity contribution in [2.24, 2.45) is 0 Å². The molecule has 2 aromatic rings. The van der Waals surface area contributed by atoms with Gasteiger partial charge in [-0.05, 0) is 55.3 Å². The lowest BCUT2D eigenvalue weighted by molar-refractivity contribution is 0.299. The topological polar surface area (TPSA) is 33.0 Å². The molecule has 0 aliphatic heterocycles. The molecule has 0 aliphatic rings. The van der Waals surface area contributed by atoms with Gasteiger partial charge in [0.1, 0.15) is 18.2 Å². The summed E-state index contributed by atoms with van der Waals surface area (Å²) in [7, 11) is 0. The minimum Gasteiger partial charge on any atom is -0.489 e. The maximum absolute atomic E-state index is 13.6. The van der Waals surface area contributed by atoms with Crippen LogP contribution in [0.25, 0.3) is 0 Å². The SMILES string of the molecule is Cc1cc(C)cc(OCc2cc(C#N)ccc2F)c1.